The predicted molar refractivity (Wildman–Crippen MR) is 93.2 cm³/mol. The van der Waals surface area contributed by atoms with Gasteiger partial charge in [-0.3, -0.25) is 0 Å². The summed E-state index contributed by atoms with van der Waals surface area (Å²) in [5, 5.41) is 3.85. The van der Waals surface area contributed by atoms with Gasteiger partial charge in [0.05, 0.1) is 17.2 Å². The lowest BCUT2D eigenvalue weighted by atomic mass is 10.1. The van der Waals surface area contributed by atoms with Gasteiger partial charge >= 0.3 is 6.61 Å². The molecule has 1 N–H and O–H groups in total. The zero-order chi connectivity index (χ0) is 19.2. The van der Waals surface area contributed by atoms with Gasteiger partial charge in [-0.25, -0.2) is 0 Å². The summed E-state index contributed by atoms with van der Waals surface area (Å²) < 4.78 is 58.3. The Labute approximate surface area is 150 Å². The number of alkyl halides is 2. The van der Waals surface area contributed by atoms with Crippen LogP contribution in [0.1, 0.15) is 19.4 Å². The number of benzene rings is 2. The van der Waals surface area contributed by atoms with E-state index < -0.39 is 16.6 Å². The number of nitrogens with one attached hydrogen (secondary N) is 1. The van der Waals surface area contributed by atoms with E-state index in [0.29, 0.717) is 23.6 Å². The molecule has 0 saturated carbocycles. The first kappa shape index (κ1) is 19.6. The number of ether oxygens (including phenoxy) is 2. The summed E-state index contributed by atoms with van der Waals surface area (Å²) in [6.45, 7) is 0.991. The molecule has 2 aromatic rings. The Bertz CT molecular complexity index is 851. The number of hydrogen-bond donors (Lipinski definition) is 1. The topological polar surface area (TPSA) is 77.0 Å². The van der Waals surface area contributed by atoms with Crippen LogP contribution in [0.25, 0.3) is 0 Å². The highest BCUT2D eigenvalue weighted by Crippen LogP contribution is 2.17. The summed E-state index contributed by atoms with van der Waals surface area (Å²) in [4.78, 5) is 2.18. The third kappa shape index (κ3) is 5.41. The zero-order valence-corrected chi connectivity index (χ0v) is 15.0. The second-order valence-corrected chi connectivity index (χ2v) is 6.76. The zero-order valence-electron chi connectivity index (χ0n) is 14.1. The molecule has 0 amide bonds. The molecule has 0 atom stereocenters. The van der Waals surface area contributed by atoms with Crippen molar-refractivity contribution >= 4 is 15.7 Å². The highest BCUT2D eigenvalue weighted by molar-refractivity contribution is 7.89. The first-order valence-electron chi connectivity index (χ1n) is 7.66. The summed E-state index contributed by atoms with van der Waals surface area (Å²) >= 11 is 0. The Morgan fingerprint density at radius 3 is 2.19 bits per heavy atom. The molecule has 0 fully saturated rings. The van der Waals surface area contributed by atoms with Crippen LogP contribution in [0.4, 0.5) is 8.78 Å². The van der Waals surface area contributed by atoms with E-state index in [1.54, 1.807) is 19.1 Å². The van der Waals surface area contributed by atoms with Crippen LogP contribution < -0.4 is 14.3 Å². The number of rotatable bonds is 8. The Hall–Kier alpha value is -2.68. The summed E-state index contributed by atoms with van der Waals surface area (Å²) in [7, 11) is -3.84. The van der Waals surface area contributed by atoms with Crippen molar-refractivity contribution in [2.24, 2.45) is 5.10 Å². The molecule has 0 bridgehead atoms. The van der Waals surface area contributed by atoms with Crippen LogP contribution in [-0.2, 0) is 10.0 Å². The first-order valence-corrected chi connectivity index (χ1v) is 9.14. The molecule has 9 heteroatoms. The summed E-state index contributed by atoms with van der Waals surface area (Å²) in [6, 6.07) is 11.6. The van der Waals surface area contributed by atoms with E-state index in [1.165, 1.54) is 36.4 Å². The monoisotopic (exact) mass is 384 g/mol. The molecular weight excluding hydrogens is 366 g/mol. The van der Waals surface area contributed by atoms with Gasteiger partial charge in [0.15, 0.2) is 0 Å². The largest absolute Gasteiger partial charge is 0.494 e. The minimum absolute atomic E-state index is 0.00604. The predicted octanol–water partition coefficient (Wildman–Crippen LogP) is 3.39. The van der Waals surface area contributed by atoms with Gasteiger partial charge in [0.1, 0.15) is 11.5 Å². The van der Waals surface area contributed by atoms with Gasteiger partial charge < -0.3 is 9.47 Å². The highest BCUT2D eigenvalue weighted by Gasteiger charge is 2.13. The second-order valence-electron chi connectivity index (χ2n) is 5.10. The molecule has 140 valence electrons. The molecule has 0 aliphatic rings. The van der Waals surface area contributed by atoms with Gasteiger partial charge in [0.25, 0.3) is 10.0 Å². The lowest BCUT2D eigenvalue weighted by Gasteiger charge is -2.08. The molecule has 0 radical (unpaired) electrons. The molecule has 0 heterocycles. The Morgan fingerprint density at radius 2 is 1.65 bits per heavy atom. The van der Waals surface area contributed by atoms with Gasteiger partial charge in [-0.15, -0.1) is 0 Å². The van der Waals surface area contributed by atoms with E-state index in [9.17, 15) is 17.2 Å². The molecule has 0 spiro atoms. The van der Waals surface area contributed by atoms with Gasteiger partial charge in [-0.1, -0.05) is 0 Å². The first-order chi connectivity index (χ1) is 12.3. The number of nitrogens with zero attached hydrogens (tertiary/aromatic N) is 1. The Morgan fingerprint density at radius 1 is 1.08 bits per heavy atom. The Kier molecular flexibility index (Phi) is 6.51. The SMILES string of the molecule is CCOc1ccc(S(=O)(=O)N/N=C(\C)c2ccc(OC(F)F)cc2)cc1. The average molecular weight is 384 g/mol. The molecule has 0 aliphatic carbocycles. The van der Waals surface area contributed by atoms with E-state index in [1.807, 2.05) is 6.92 Å². The number of sulfonamides is 1. The lowest BCUT2D eigenvalue weighted by Crippen LogP contribution is -2.20. The van der Waals surface area contributed by atoms with Crippen molar-refractivity contribution in [3.05, 3.63) is 54.1 Å². The fourth-order valence-electron chi connectivity index (χ4n) is 2.01. The average Bonchev–Trinajstić information content (AvgIpc) is 2.61. The molecule has 2 aromatic carbocycles. The smallest absolute Gasteiger partial charge is 0.387 e. The van der Waals surface area contributed by atoms with Crippen molar-refractivity contribution in [2.75, 3.05) is 6.61 Å². The standard InChI is InChI=1S/C17H18F2N2O4S/c1-3-24-14-8-10-16(11-9-14)26(22,23)21-20-12(2)13-4-6-15(7-5-13)25-17(18)19/h4-11,17,21H,3H2,1-2H3/b20-12+. The molecule has 2 rings (SSSR count). The van der Waals surface area contributed by atoms with Gasteiger partial charge in [-0.05, 0) is 67.9 Å². The van der Waals surface area contributed by atoms with Crippen LogP contribution >= 0.6 is 0 Å². The molecule has 6 nitrogen and oxygen atoms in total. The summed E-state index contributed by atoms with van der Waals surface area (Å²) in [5.41, 5.74) is 0.920. The van der Waals surface area contributed by atoms with Crippen molar-refractivity contribution in [2.45, 2.75) is 25.4 Å². The van der Waals surface area contributed by atoms with Crippen LogP contribution in [-0.4, -0.2) is 27.3 Å². The van der Waals surface area contributed by atoms with Crippen molar-refractivity contribution in [1.29, 1.82) is 0 Å². The van der Waals surface area contributed by atoms with Crippen molar-refractivity contribution in [3.63, 3.8) is 0 Å². The normalized spacial score (nSPS) is 12.1. The van der Waals surface area contributed by atoms with E-state index >= 15 is 0 Å². The molecular formula is C17H18F2N2O4S. The van der Waals surface area contributed by atoms with E-state index in [0.717, 1.165) is 0 Å². The van der Waals surface area contributed by atoms with Crippen LogP contribution in [0.2, 0.25) is 0 Å². The van der Waals surface area contributed by atoms with Crippen LogP contribution in [0, 0.1) is 0 Å². The maximum Gasteiger partial charge on any atom is 0.387 e. The van der Waals surface area contributed by atoms with Crippen LogP contribution in [0.15, 0.2) is 58.5 Å². The number of hydrogen-bond acceptors (Lipinski definition) is 5. The van der Waals surface area contributed by atoms with Gasteiger partial charge in [-0.2, -0.15) is 27.1 Å². The fourth-order valence-corrected chi connectivity index (χ4v) is 2.86. The lowest BCUT2D eigenvalue weighted by molar-refractivity contribution is -0.0498. The van der Waals surface area contributed by atoms with Crippen LogP contribution in [0.5, 0.6) is 11.5 Å². The van der Waals surface area contributed by atoms with Gasteiger partial charge in [0, 0.05) is 0 Å². The molecule has 26 heavy (non-hydrogen) atoms. The van der Waals surface area contributed by atoms with Crippen molar-refractivity contribution in [3.8, 4) is 11.5 Å². The van der Waals surface area contributed by atoms with Crippen molar-refractivity contribution in [1.82, 2.24) is 4.83 Å². The minimum Gasteiger partial charge on any atom is -0.494 e. The highest BCUT2D eigenvalue weighted by atomic mass is 32.2. The summed E-state index contributed by atoms with van der Waals surface area (Å²) in [6.07, 6.45) is 0. The summed E-state index contributed by atoms with van der Waals surface area (Å²) in [5.74, 6) is 0.573. The van der Waals surface area contributed by atoms with Crippen LogP contribution in [0.3, 0.4) is 0 Å². The molecule has 0 unspecified atom stereocenters. The van der Waals surface area contributed by atoms with E-state index in [-0.39, 0.29) is 10.6 Å². The van der Waals surface area contributed by atoms with Crippen molar-refractivity contribution < 1.29 is 26.7 Å². The fraction of sp³-hybridized carbons (Fsp3) is 0.235. The molecule has 0 aliphatic heterocycles. The number of halogens is 2. The maximum atomic E-state index is 12.3. The molecule has 0 saturated heterocycles. The quantitative estimate of drug-likeness (QED) is 0.559. The third-order valence-electron chi connectivity index (χ3n) is 3.28. The third-order valence-corrected chi connectivity index (χ3v) is 4.50. The van der Waals surface area contributed by atoms with E-state index in [4.69, 9.17) is 4.74 Å². The van der Waals surface area contributed by atoms with E-state index in [2.05, 4.69) is 14.7 Å². The van der Waals surface area contributed by atoms with Gasteiger partial charge in [0.2, 0.25) is 0 Å². The number of hydrazone groups is 1. The Balaban J connectivity index is 2.08. The second kappa shape index (κ2) is 8.61. The molecule has 0 aromatic heterocycles. The minimum atomic E-state index is -3.84. The maximum absolute atomic E-state index is 12.3.